The summed E-state index contributed by atoms with van der Waals surface area (Å²) >= 11 is 1.56. The highest BCUT2D eigenvalue weighted by atomic mass is 32.1. The fraction of sp³-hybridized carbons (Fsp3) is 0.278. The molecule has 2 rings (SSSR count). The molecule has 3 N–H and O–H groups in total. The zero-order valence-electron chi connectivity index (χ0n) is 14.9. The van der Waals surface area contributed by atoms with E-state index in [-0.39, 0.29) is 0 Å². The molecule has 0 aliphatic rings. The fourth-order valence-electron chi connectivity index (χ4n) is 2.22. The van der Waals surface area contributed by atoms with E-state index in [2.05, 4.69) is 26.8 Å². The molecule has 7 heteroatoms. The summed E-state index contributed by atoms with van der Waals surface area (Å²) in [5.74, 6) is 2.24. The molecule has 0 aliphatic heterocycles. The predicted molar refractivity (Wildman–Crippen MR) is 107 cm³/mol. The van der Waals surface area contributed by atoms with E-state index in [9.17, 15) is 0 Å². The first-order chi connectivity index (χ1) is 12.1. The Morgan fingerprint density at radius 1 is 1.44 bits per heavy atom. The summed E-state index contributed by atoms with van der Waals surface area (Å²) < 4.78 is 0. The molecule has 25 heavy (non-hydrogen) atoms. The Bertz CT molecular complexity index is 778. The average Bonchev–Trinajstić information content (AvgIpc) is 3.02. The van der Waals surface area contributed by atoms with Gasteiger partial charge in [-0.05, 0) is 19.4 Å². The quantitative estimate of drug-likeness (QED) is 0.705. The molecule has 0 aliphatic carbocycles. The van der Waals surface area contributed by atoms with Crippen LogP contribution in [-0.2, 0) is 0 Å². The summed E-state index contributed by atoms with van der Waals surface area (Å²) in [7, 11) is 1.96. The first kappa shape index (κ1) is 18.8. The van der Waals surface area contributed by atoms with Gasteiger partial charge in [-0.25, -0.2) is 15.0 Å². The van der Waals surface area contributed by atoms with Crippen molar-refractivity contribution in [2.45, 2.75) is 13.8 Å². The number of hydrogen-bond acceptors (Lipinski definition) is 7. The third-order valence-corrected chi connectivity index (χ3v) is 4.31. The van der Waals surface area contributed by atoms with Crippen molar-refractivity contribution in [3.05, 3.63) is 53.8 Å². The van der Waals surface area contributed by atoms with E-state index in [4.69, 9.17) is 5.73 Å². The highest BCUT2D eigenvalue weighted by Gasteiger charge is 2.09. The number of aryl methyl sites for hydroxylation is 1. The van der Waals surface area contributed by atoms with Crippen molar-refractivity contribution in [3.8, 4) is 0 Å². The minimum atomic E-state index is 0.571. The van der Waals surface area contributed by atoms with E-state index in [0.29, 0.717) is 18.2 Å². The Hall–Kier alpha value is -2.51. The lowest BCUT2D eigenvalue weighted by Gasteiger charge is -2.18. The Labute approximate surface area is 152 Å². The molecule has 6 nitrogen and oxygen atoms in total. The second-order valence-electron chi connectivity index (χ2n) is 5.38. The molecule has 0 saturated heterocycles. The van der Waals surface area contributed by atoms with E-state index in [0.717, 1.165) is 27.9 Å². The van der Waals surface area contributed by atoms with Gasteiger partial charge in [-0.3, -0.25) is 0 Å². The Morgan fingerprint density at radius 3 is 2.92 bits per heavy atom. The molecule has 2 aromatic heterocycles. The van der Waals surface area contributed by atoms with Gasteiger partial charge in [0.1, 0.15) is 17.5 Å². The van der Waals surface area contributed by atoms with Gasteiger partial charge in [0.05, 0.1) is 4.88 Å². The van der Waals surface area contributed by atoms with Crippen molar-refractivity contribution in [2.24, 2.45) is 5.73 Å². The lowest BCUT2D eigenvalue weighted by Crippen LogP contribution is -2.26. The maximum absolute atomic E-state index is 5.62. The van der Waals surface area contributed by atoms with Crippen LogP contribution in [-0.4, -0.2) is 35.1 Å². The number of thiazole rings is 1. The smallest absolute Gasteiger partial charge is 0.188 e. The van der Waals surface area contributed by atoms with Gasteiger partial charge in [0.2, 0.25) is 0 Å². The zero-order chi connectivity index (χ0) is 18.2. The summed E-state index contributed by atoms with van der Waals surface area (Å²) in [5.41, 5.74) is 6.69. The van der Waals surface area contributed by atoms with E-state index in [1.807, 2.05) is 56.3 Å². The third kappa shape index (κ3) is 5.23. The lowest BCUT2D eigenvalue weighted by molar-refractivity contribution is 0.857. The molecule has 0 atom stereocenters. The molecule has 0 amide bonds. The predicted octanol–water partition coefficient (Wildman–Crippen LogP) is 3.53. The maximum atomic E-state index is 5.62. The lowest BCUT2D eigenvalue weighted by atomic mass is 10.2. The fourth-order valence-corrected chi connectivity index (χ4v) is 3.05. The molecule has 0 radical (unpaired) electrons. The number of nitrogens with two attached hydrogens (primary N) is 1. The van der Waals surface area contributed by atoms with Crippen molar-refractivity contribution < 1.29 is 0 Å². The Morgan fingerprint density at radius 2 is 2.24 bits per heavy atom. The molecule has 0 spiro atoms. The number of nitrogens with zero attached hydrogens (tertiary/aromatic N) is 4. The van der Waals surface area contributed by atoms with Crippen LogP contribution >= 0.6 is 11.3 Å². The van der Waals surface area contributed by atoms with E-state index in [1.54, 1.807) is 17.4 Å². The molecule has 0 fully saturated rings. The number of rotatable bonds is 8. The minimum Gasteiger partial charge on any atom is -0.358 e. The van der Waals surface area contributed by atoms with Crippen molar-refractivity contribution in [3.63, 3.8) is 0 Å². The number of nitrogens with one attached hydrogen (secondary N) is 1. The molecule has 2 aromatic rings. The molecule has 0 saturated carbocycles. The van der Waals surface area contributed by atoms with Crippen LogP contribution in [0.2, 0.25) is 0 Å². The van der Waals surface area contributed by atoms with Crippen molar-refractivity contribution in [1.82, 2.24) is 15.0 Å². The van der Waals surface area contributed by atoms with Gasteiger partial charge in [0, 0.05) is 32.4 Å². The topological polar surface area (TPSA) is 80.0 Å². The van der Waals surface area contributed by atoms with Crippen LogP contribution in [0, 0.1) is 6.92 Å². The molecule has 0 bridgehead atoms. The number of likely N-dealkylation sites (N-methyl/N-ethyl adjacent to an activating group) is 1. The number of aromatic nitrogens is 3. The molecule has 0 unspecified atom stereocenters. The van der Waals surface area contributed by atoms with Crippen LogP contribution in [0.4, 0.5) is 16.8 Å². The van der Waals surface area contributed by atoms with Crippen LogP contribution in [0.15, 0.2) is 43.1 Å². The van der Waals surface area contributed by atoms with E-state index in [1.165, 1.54) is 0 Å². The standard InChI is InChI=1S/C18H24N6S/c1-5-7-14(8-6-2)15-12-20-18(25-15)23-16-11-17(22-13(3)21-16)24(4)10-9-19/h5-8,11-12H,1,9-10,19H2,2-4H3,(H,20,21,22,23)/b8-6-,14-7+. The van der Waals surface area contributed by atoms with Gasteiger partial charge in [0.25, 0.3) is 0 Å². The largest absolute Gasteiger partial charge is 0.358 e. The summed E-state index contributed by atoms with van der Waals surface area (Å²) in [5, 5.41) is 4.04. The van der Waals surface area contributed by atoms with Gasteiger partial charge >= 0.3 is 0 Å². The number of anilines is 3. The molecule has 132 valence electrons. The Balaban J connectivity index is 2.23. The van der Waals surface area contributed by atoms with Gasteiger partial charge in [-0.1, -0.05) is 42.2 Å². The monoisotopic (exact) mass is 356 g/mol. The highest BCUT2D eigenvalue weighted by Crippen LogP contribution is 2.28. The van der Waals surface area contributed by atoms with Gasteiger partial charge in [-0.2, -0.15) is 0 Å². The normalized spacial score (nSPS) is 11.8. The van der Waals surface area contributed by atoms with Gasteiger partial charge < -0.3 is 16.0 Å². The van der Waals surface area contributed by atoms with Crippen molar-refractivity contribution in [1.29, 1.82) is 0 Å². The summed E-state index contributed by atoms with van der Waals surface area (Å²) in [6.07, 6.45) is 9.61. The van der Waals surface area contributed by atoms with Crippen LogP contribution in [0.1, 0.15) is 17.6 Å². The molecule has 2 heterocycles. The van der Waals surface area contributed by atoms with Crippen molar-refractivity contribution >= 4 is 33.7 Å². The van der Waals surface area contributed by atoms with E-state index < -0.39 is 0 Å². The van der Waals surface area contributed by atoms with Crippen LogP contribution in [0.5, 0.6) is 0 Å². The number of hydrogen-bond donors (Lipinski definition) is 2. The second-order valence-corrected chi connectivity index (χ2v) is 6.41. The summed E-state index contributed by atoms with van der Waals surface area (Å²) in [4.78, 5) is 16.4. The first-order valence-electron chi connectivity index (χ1n) is 8.03. The maximum Gasteiger partial charge on any atom is 0.188 e. The van der Waals surface area contributed by atoms with E-state index >= 15 is 0 Å². The second kappa shape index (κ2) is 9.10. The average molecular weight is 356 g/mol. The number of allylic oxidation sites excluding steroid dienone is 5. The van der Waals surface area contributed by atoms with Crippen molar-refractivity contribution in [2.75, 3.05) is 30.4 Å². The zero-order valence-corrected chi connectivity index (χ0v) is 15.7. The van der Waals surface area contributed by atoms with Gasteiger partial charge in [0.15, 0.2) is 5.13 Å². The molecular weight excluding hydrogens is 332 g/mol. The molecule has 0 aromatic carbocycles. The highest BCUT2D eigenvalue weighted by molar-refractivity contribution is 7.16. The molecular formula is C18H24N6S. The van der Waals surface area contributed by atoms with Gasteiger partial charge in [-0.15, -0.1) is 0 Å². The van der Waals surface area contributed by atoms with Crippen LogP contribution < -0.4 is 16.0 Å². The Kier molecular flexibility index (Phi) is 6.85. The third-order valence-electron chi connectivity index (χ3n) is 3.35. The summed E-state index contributed by atoms with van der Waals surface area (Å²) in [6.45, 7) is 8.92. The van der Waals surface area contributed by atoms with Crippen LogP contribution in [0.25, 0.3) is 5.57 Å². The van der Waals surface area contributed by atoms with Crippen LogP contribution in [0.3, 0.4) is 0 Å². The minimum absolute atomic E-state index is 0.571. The first-order valence-corrected chi connectivity index (χ1v) is 8.84. The SMILES string of the molecule is C=C/C=C(\C=C/C)c1cnc(Nc2cc(N(C)CCN)nc(C)n2)s1. The summed E-state index contributed by atoms with van der Waals surface area (Å²) in [6, 6.07) is 1.90.